The van der Waals surface area contributed by atoms with E-state index in [9.17, 15) is 17.6 Å². The molecule has 1 aromatic heterocycles. The lowest BCUT2D eigenvalue weighted by Crippen LogP contribution is -2.18. The third kappa shape index (κ3) is 4.76. The molecule has 0 atom stereocenters. The third-order valence-corrected chi connectivity index (χ3v) is 7.62. The molecule has 1 aliphatic heterocycles. The molecule has 1 saturated carbocycles. The van der Waals surface area contributed by atoms with E-state index in [1.54, 1.807) is 24.3 Å². The highest BCUT2D eigenvalue weighted by Gasteiger charge is 2.36. The van der Waals surface area contributed by atoms with Gasteiger partial charge in [-0.15, -0.1) is 0 Å². The SMILES string of the molecule is O=C(Nc1ccc(F)cn1)C(=CC1CCOCC1)c1ccc(S(=O)(=O)C2CC2)cc1. The Labute approximate surface area is 175 Å². The van der Waals surface area contributed by atoms with Gasteiger partial charge >= 0.3 is 0 Å². The van der Waals surface area contributed by atoms with Crippen LogP contribution in [0.25, 0.3) is 5.57 Å². The van der Waals surface area contributed by atoms with E-state index in [0.29, 0.717) is 37.2 Å². The van der Waals surface area contributed by atoms with Gasteiger partial charge in [-0.05, 0) is 61.4 Å². The number of sulfone groups is 1. The first-order valence-electron chi connectivity index (χ1n) is 10.0. The van der Waals surface area contributed by atoms with Crippen molar-refractivity contribution in [1.82, 2.24) is 4.98 Å². The second-order valence-corrected chi connectivity index (χ2v) is 9.84. The molecule has 0 unspecified atom stereocenters. The maximum Gasteiger partial charge on any atom is 0.257 e. The third-order valence-electron chi connectivity index (χ3n) is 5.34. The predicted octanol–water partition coefficient (Wildman–Crippen LogP) is 3.61. The largest absolute Gasteiger partial charge is 0.381 e. The van der Waals surface area contributed by atoms with E-state index < -0.39 is 15.7 Å². The minimum Gasteiger partial charge on any atom is -0.381 e. The number of benzene rings is 1. The lowest BCUT2D eigenvalue weighted by atomic mass is 9.94. The van der Waals surface area contributed by atoms with Crippen LogP contribution in [0.15, 0.2) is 53.6 Å². The molecular formula is C22H23FN2O4S. The van der Waals surface area contributed by atoms with Crippen LogP contribution in [0.1, 0.15) is 31.2 Å². The number of pyridine rings is 1. The number of amides is 1. The van der Waals surface area contributed by atoms with E-state index >= 15 is 0 Å². The number of carbonyl (C=O) groups is 1. The summed E-state index contributed by atoms with van der Waals surface area (Å²) >= 11 is 0. The number of halogens is 1. The summed E-state index contributed by atoms with van der Waals surface area (Å²) in [5, 5.41) is 2.41. The fourth-order valence-electron chi connectivity index (χ4n) is 3.45. The number of aromatic nitrogens is 1. The Hall–Kier alpha value is -2.58. The Kier molecular flexibility index (Phi) is 5.97. The van der Waals surface area contributed by atoms with Crippen molar-refractivity contribution in [2.24, 2.45) is 5.92 Å². The van der Waals surface area contributed by atoms with Crippen LogP contribution in [-0.2, 0) is 19.4 Å². The van der Waals surface area contributed by atoms with Crippen molar-refractivity contribution in [2.75, 3.05) is 18.5 Å². The van der Waals surface area contributed by atoms with Crippen LogP contribution in [0.4, 0.5) is 10.2 Å². The van der Waals surface area contributed by atoms with Gasteiger partial charge in [0.2, 0.25) is 0 Å². The second-order valence-electron chi connectivity index (χ2n) is 7.61. The van der Waals surface area contributed by atoms with Crippen molar-refractivity contribution < 1.29 is 22.3 Å². The first kappa shape index (κ1) is 20.7. The minimum atomic E-state index is -3.29. The average molecular weight is 431 g/mol. The summed E-state index contributed by atoms with van der Waals surface area (Å²) in [4.78, 5) is 17.2. The van der Waals surface area contributed by atoms with Gasteiger partial charge in [0.1, 0.15) is 11.6 Å². The van der Waals surface area contributed by atoms with Gasteiger partial charge in [-0.3, -0.25) is 4.79 Å². The van der Waals surface area contributed by atoms with E-state index in [4.69, 9.17) is 4.74 Å². The maximum absolute atomic E-state index is 13.1. The number of nitrogens with zero attached hydrogens (tertiary/aromatic N) is 1. The predicted molar refractivity (Wildman–Crippen MR) is 111 cm³/mol. The molecule has 4 rings (SSSR count). The summed E-state index contributed by atoms with van der Waals surface area (Å²) < 4.78 is 43.4. The molecule has 30 heavy (non-hydrogen) atoms. The van der Waals surface area contributed by atoms with Crippen molar-refractivity contribution in [3.05, 3.63) is 60.1 Å². The van der Waals surface area contributed by atoms with Gasteiger partial charge in [0.15, 0.2) is 9.84 Å². The van der Waals surface area contributed by atoms with E-state index in [1.165, 1.54) is 12.1 Å². The topological polar surface area (TPSA) is 85.4 Å². The molecule has 2 aliphatic rings. The second kappa shape index (κ2) is 8.65. The lowest BCUT2D eigenvalue weighted by molar-refractivity contribution is -0.111. The Morgan fingerprint density at radius 2 is 1.77 bits per heavy atom. The monoisotopic (exact) mass is 430 g/mol. The summed E-state index contributed by atoms with van der Waals surface area (Å²) in [6, 6.07) is 9.07. The molecule has 1 saturated heterocycles. The average Bonchev–Trinajstić information content (AvgIpc) is 3.61. The van der Waals surface area contributed by atoms with Gasteiger partial charge < -0.3 is 10.1 Å². The molecule has 0 radical (unpaired) electrons. The molecule has 0 bridgehead atoms. The zero-order valence-corrected chi connectivity index (χ0v) is 17.2. The Morgan fingerprint density at radius 1 is 1.07 bits per heavy atom. The molecule has 1 N–H and O–H groups in total. The van der Waals surface area contributed by atoms with Gasteiger partial charge in [-0.1, -0.05) is 18.2 Å². The molecule has 6 nitrogen and oxygen atoms in total. The van der Waals surface area contributed by atoms with Crippen LogP contribution in [-0.4, -0.2) is 37.8 Å². The fraction of sp³-hybridized carbons (Fsp3) is 0.364. The summed E-state index contributed by atoms with van der Waals surface area (Å²) in [5.74, 6) is -0.445. The molecule has 1 aromatic carbocycles. The van der Waals surface area contributed by atoms with Crippen molar-refractivity contribution in [3.63, 3.8) is 0 Å². The molecular weight excluding hydrogens is 407 g/mol. The van der Waals surface area contributed by atoms with Gasteiger partial charge in [0.05, 0.1) is 16.3 Å². The number of hydrogen-bond donors (Lipinski definition) is 1. The minimum absolute atomic E-state index is 0.176. The van der Waals surface area contributed by atoms with Gasteiger partial charge in [0, 0.05) is 18.8 Å². The zero-order valence-electron chi connectivity index (χ0n) is 16.4. The van der Waals surface area contributed by atoms with E-state index in [1.807, 2.05) is 6.08 Å². The highest BCUT2D eigenvalue weighted by molar-refractivity contribution is 7.92. The number of anilines is 1. The summed E-state index contributed by atoms with van der Waals surface area (Å²) in [7, 11) is -3.29. The molecule has 1 aliphatic carbocycles. The number of carbonyl (C=O) groups excluding carboxylic acids is 1. The highest BCUT2D eigenvalue weighted by Crippen LogP contribution is 2.34. The highest BCUT2D eigenvalue weighted by atomic mass is 32.2. The number of allylic oxidation sites excluding steroid dienone is 1. The Morgan fingerprint density at radius 3 is 2.37 bits per heavy atom. The number of ether oxygens (including phenoxy) is 1. The van der Waals surface area contributed by atoms with E-state index in [0.717, 1.165) is 19.0 Å². The van der Waals surface area contributed by atoms with Crippen LogP contribution in [0.5, 0.6) is 0 Å². The number of nitrogens with one attached hydrogen (secondary N) is 1. The lowest BCUT2D eigenvalue weighted by Gasteiger charge is -2.20. The first-order chi connectivity index (χ1) is 14.4. The standard InChI is InChI=1S/C22H23FN2O4S/c23-17-3-8-21(24-14-17)25-22(26)20(13-15-9-11-29-12-10-15)16-1-4-18(5-2-16)30(27,28)19-6-7-19/h1-5,8,13-15,19H,6-7,9-12H2,(H,24,25,26). The molecule has 8 heteroatoms. The molecule has 2 aromatic rings. The van der Waals surface area contributed by atoms with Gasteiger partial charge in [0.25, 0.3) is 5.91 Å². The number of rotatable bonds is 6. The van der Waals surface area contributed by atoms with Crippen LogP contribution >= 0.6 is 0 Å². The fourth-order valence-corrected chi connectivity index (χ4v) is 5.11. The van der Waals surface area contributed by atoms with Gasteiger partial charge in [-0.25, -0.2) is 17.8 Å². The first-order valence-corrected chi connectivity index (χ1v) is 11.5. The number of hydrogen-bond acceptors (Lipinski definition) is 5. The summed E-state index contributed by atoms with van der Waals surface area (Å²) in [6.45, 7) is 1.27. The summed E-state index contributed by atoms with van der Waals surface area (Å²) in [6.07, 6.45) is 5.96. The summed E-state index contributed by atoms with van der Waals surface area (Å²) in [5.41, 5.74) is 1.05. The zero-order chi connectivity index (χ0) is 21.1. The maximum atomic E-state index is 13.1. The van der Waals surface area contributed by atoms with Gasteiger partial charge in [-0.2, -0.15) is 0 Å². The van der Waals surface area contributed by atoms with Crippen molar-refractivity contribution in [1.29, 1.82) is 0 Å². The molecule has 2 heterocycles. The molecule has 1 amide bonds. The Bertz CT molecular complexity index is 1040. The van der Waals surface area contributed by atoms with Crippen LogP contribution in [0, 0.1) is 11.7 Å². The normalized spacial score (nSPS) is 18.2. The van der Waals surface area contributed by atoms with Crippen molar-refractivity contribution >= 4 is 27.1 Å². The molecule has 158 valence electrons. The smallest absolute Gasteiger partial charge is 0.257 e. The van der Waals surface area contributed by atoms with Crippen molar-refractivity contribution in [3.8, 4) is 0 Å². The Balaban J connectivity index is 1.61. The molecule has 2 fully saturated rings. The van der Waals surface area contributed by atoms with Crippen LogP contribution < -0.4 is 5.32 Å². The van der Waals surface area contributed by atoms with Crippen LogP contribution in [0.3, 0.4) is 0 Å². The quantitative estimate of drug-likeness (QED) is 0.708. The van der Waals surface area contributed by atoms with Crippen molar-refractivity contribution in [2.45, 2.75) is 35.8 Å². The van der Waals surface area contributed by atoms with E-state index in [2.05, 4.69) is 10.3 Å². The molecule has 0 spiro atoms. The van der Waals surface area contributed by atoms with E-state index in [-0.39, 0.29) is 27.8 Å². The van der Waals surface area contributed by atoms with Crippen LogP contribution in [0.2, 0.25) is 0 Å².